The maximum atomic E-state index is 3.53. The van der Waals surface area contributed by atoms with E-state index in [1.54, 1.807) is 0 Å². The van der Waals surface area contributed by atoms with Gasteiger partial charge < -0.3 is 10.2 Å². The minimum absolute atomic E-state index is 0.811. The Morgan fingerprint density at radius 3 is 2.58 bits per heavy atom. The highest BCUT2D eigenvalue weighted by Crippen LogP contribution is 2.08. The predicted molar refractivity (Wildman–Crippen MR) is 53.4 cm³/mol. The molecule has 0 aromatic heterocycles. The molecule has 72 valence electrons. The molecule has 1 aliphatic heterocycles. The second kappa shape index (κ2) is 5.55. The first-order chi connectivity index (χ1) is 5.86. The third kappa shape index (κ3) is 3.11. The average molecular weight is 170 g/mol. The van der Waals surface area contributed by atoms with Crippen molar-refractivity contribution in [3.05, 3.63) is 0 Å². The average Bonchev–Trinajstić information content (AvgIpc) is 2.59. The zero-order valence-corrected chi connectivity index (χ0v) is 8.47. The highest BCUT2D eigenvalue weighted by molar-refractivity contribution is 4.75. The quantitative estimate of drug-likeness (QED) is 0.672. The fourth-order valence-corrected chi connectivity index (χ4v) is 1.88. The maximum absolute atomic E-state index is 3.53. The summed E-state index contributed by atoms with van der Waals surface area (Å²) in [5.74, 6) is 0. The molecule has 0 saturated carbocycles. The molecular weight excluding hydrogens is 148 g/mol. The molecule has 0 spiro atoms. The Bertz CT molecular complexity index is 102. The molecular formula is C10H22N2. The smallest absolute Gasteiger partial charge is 0.00797 e. The summed E-state index contributed by atoms with van der Waals surface area (Å²) in [4.78, 5) is 2.50. The number of rotatable bonds is 5. The molecule has 1 aliphatic rings. The van der Waals surface area contributed by atoms with Crippen LogP contribution in [0.25, 0.3) is 0 Å². The van der Waals surface area contributed by atoms with Gasteiger partial charge in [0.1, 0.15) is 0 Å². The number of hydrogen-bond donors (Lipinski definition) is 1. The largest absolute Gasteiger partial charge is 0.314 e. The van der Waals surface area contributed by atoms with Gasteiger partial charge in [-0.3, -0.25) is 0 Å². The van der Waals surface area contributed by atoms with Crippen molar-refractivity contribution in [2.45, 2.75) is 39.2 Å². The van der Waals surface area contributed by atoms with Crippen LogP contribution in [0.3, 0.4) is 0 Å². The monoisotopic (exact) mass is 170 g/mol. The molecule has 2 nitrogen and oxygen atoms in total. The molecule has 0 aliphatic carbocycles. The van der Waals surface area contributed by atoms with Gasteiger partial charge in [0.2, 0.25) is 0 Å². The van der Waals surface area contributed by atoms with Gasteiger partial charge in [0, 0.05) is 6.04 Å². The van der Waals surface area contributed by atoms with Gasteiger partial charge in [-0.2, -0.15) is 0 Å². The van der Waals surface area contributed by atoms with Crippen LogP contribution in [0.2, 0.25) is 0 Å². The van der Waals surface area contributed by atoms with Crippen molar-refractivity contribution >= 4 is 0 Å². The second-order valence-electron chi connectivity index (χ2n) is 3.61. The molecule has 12 heavy (non-hydrogen) atoms. The van der Waals surface area contributed by atoms with Crippen LogP contribution in [0.15, 0.2) is 0 Å². The van der Waals surface area contributed by atoms with Gasteiger partial charge in [-0.15, -0.1) is 0 Å². The Morgan fingerprint density at radius 2 is 2.08 bits per heavy atom. The Balaban J connectivity index is 2.06. The first-order valence-corrected chi connectivity index (χ1v) is 5.32. The third-order valence-electron chi connectivity index (χ3n) is 2.85. The number of nitrogens with zero attached hydrogens (tertiary/aromatic N) is 1. The van der Waals surface area contributed by atoms with E-state index in [-0.39, 0.29) is 0 Å². The normalized spacial score (nSPS) is 23.8. The van der Waals surface area contributed by atoms with Crippen molar-refractivity contribution in [2.75, 3.05) is 26.2 Å². The van der Waals surface area contributed by atoms with Gasteiger partial charge in [-0.05, 0) is 45.4 Å². The van der Waals surface area contributed by atoms with Crippen molar-refractivity contribution in [1.82, 2.24) is 10.2 Å². The summed E-state index contributed by atoms with van der Waals surface area (Å²) in [5, 5.41) is 3.53. The van der Waals surface area contributed by atoms with E-state index in [2.05, 4.69) is 24.1 Å². The summed E-state index contributed by atoms with van der Waals surface area (Å²) in [6.07, 6.45) is 4.10. The topological polar surface area (TPSA) is 15.3 Å². The molecule has 1 heterocycles. The molecule has 1 fully saturated rings. The van der Waals surface area contributed by atoms with Crippen molar-refractivity contribution in [1.29, 1.82) is 0 Å². The minimum Gasteiger partial charge on any atom is -0.314 e. The lowest BCUT2D eigenvalue weighted by Crippen LogP contribution is -2.30. The summed E-state index contributed by atoms with van der Waals surface area (Å²) in [7, 11) is 0. The van der Waals surface area contributed by atoms with Gasteiger partial charge in [-0.1, -0.05) is 13.8 Å². The number of hydrogen-bond acceptors (Lipinski definition) is 2. The zero-order valence-electron chi connectivity index (χ0n) is 8.47. The van der Waals surface area contributed by atoms with Crippen molar-refractivity contribution in [3.63, 3.8) is 0 Å². The lowest BCUT2D eigenvalue weighted by atomic mass is 10.1. The first-order valence-electron chi connectivity index (χ1n) is 5.32. The summed E-state index contributed by atoms with van der Waals surface area (Å²) in [6.45, 7) is 9.39. The van der Waals surface area contributed by atoms with E-state index in [0.29, 0.717) is 0 Å². The van der Waals surface area contributed by atoms with Crippen LogP contribution in [0, 0.1) is 0 Å². The standard InChI is InChI=1S/C10H22N2/c1-3-12(4-2)9-7-10-6-5-8-11-10/h10-11H,3-9H2,1-2H3/t10-/m0/s1. The van der Waals surface area contributed by atoms with Crippen LogP contribution in [0.1, 0.15) is 33.1 Å². The molecule has 0 aromatic carbocycles. The molecule has 1 atom stereocenters. The predicted octanol–water partition coefficient (Wildman–Crippen LogP) is 1.47. The third-order valence-corrected chi connectivity index (χ3v) is 2.85. The molecule has 0 unspecified atom stereocenters. The summed E-state index contributed by atoms with van der Waals surface area (Å²) < 4.78 is 0. The summed E-state index contributed by atoms with van der Waals surface area (Å²) >= 11 is 0. The van der Waals surface area contributed by atoms with Gasteiger partial charge >= 0.3 is 0 Å². The summed E-state index contributed by atoms with van der Waals surface area (Å²) in [5.41, 5.74) is 0. The van der Waals surface area contributed by atoms with Gasteiger partial charge in [0.15, 0.2) is 0 Å². The maximum Gasteiger partial charge on any atom is 0.00797 e. The van der Waals surface area contributed by atoms with E-state index >= 15 is 0 Å². The van der Waals surface area contributed by atoms with Crippen LogP contribution >= 0.6 is 0 Å². The second-order valence-corrected chi connectivity index (χ2v) is 3.61. The van der Waals surface area contributed by atoms with Gasteiger partial charge in [0.05, 0.1) is 0 Å². The van der Waals surface area contributed by atoms with Gasteiger partial charge in [-0.25, -0.2) is 0 Å². The molecule has 0 amide bonds. The van der Waals surface area contributed by atoms with Crippen LogP contribution in [0.5, 0.6) is 0 Å². The van der Waals surface area contributed by atoms with E-state index in [9.17, 15) is 0 Å². The summed E-state index contributed by atoms with van der Waals surface area (Å²) in [6, 6.07) is 0.811. The fraction of sp³-hybridized carbons (Fsp3) is 1.00. The van der Waals surface area contributed by atoms with E-state index in [1.807, 2.05) is 0 Å². The molecule has 0 radical (unpaired) electrons. The Morgan fingerprint density at radius 1 is 1.33 bits per heavy atom. The van der Waals surface area contributed by atoms with Crippen molar-refractivity contribution < 1.29 is 0 Å². The van der Waals surface area contributed by atoms with E-state index < -0.39 is 0 Å². The highest BCUT2D eigenvalue weighted by atomic mass is 15.1. The zero-order chi connectivity index (χ0) is 8.81. The number of nitrogens with one attached hydrogen (secondary N) is 1. The minimum atomic E-state index is 0.811. The molecule has 1 N–H and O–H groups in total. The van der Waals surface area contributed by atoms with E-state index in [1.165, 1.54) is 45.4 Å². The molecule has 2 heteroatoms. The van der Waals surface area contributed by atoms with Crippen LogP contribution < -0.4 is 5.32 Å². The molecule has 0 aromatic rings. The molecule has 1 saturated heterocycles. The van der Waals surface area contributed by atoms with Crippen LogP contribution in [-0.4, -0.2) is 37.1 Å². The fourth-order valence-electron chi connectivity index (χ4n) is 1.88. The first kappa shape index (κ1) is 10.0. The Hall–Kier alpha value is -0.0800. The lowest BCUT2D eigenvalue weighted by molar-refractivity contribution is 0.286. The van der Waals surface area contributed by atoms with Crippen LogP contribution in [-0.2, 0) is 0 Å². The van der Waals surface area contributed by atoms with Gasteiger partial charge in [0.25, 0.3) is 0 Å². The van der Waals surface area contributed by atoms with Crippen molar-refractivity contribution in [2.24, 2.45) is 0 Å². The van der Waals surface area contributed by atoms with Crippen molar-refractivity contribution in [3.8, 4) is 0 Å². The van der Waals surface area contributed by atoms with E-state index in [4.69, 9.17) is 0 Å². The molecule has 0 bridgehead atoms. The Kier molecular flexibility index (Phi) is 4.62. The Labute approximate surface area is 76.3 Å². The van der Waals surface area contributed by atoms with E-state index in [0.717, 1.165) is 6.04 Å². The SMILES string of the molecule is CCN(CC)CC[C@@H]1CCCN1. The molecule has 1 rings (SSSR count). The highest BCUT2D eigenvalue weighted by Gasteiger charge is 2.13. The van der Waals surface area contributed by atoms with Crippen LogP contribution in [0.4, 0.5) is 0 Å². The lowest BCUT2D eigenvalue weighted by Gasteiger charge is -2.20.